The number of hydrogen-bond acceptors (Lipinski definition) is 3. The van der Waals surface area contributed by atoms with E-state index < -0.39 is 0 Å². The van der Waals surface area contributed by atoms with E-state index in [1.165, 1.54) is 0 Å². The first kappa shape index (κ1) is 19.7. The van der Waals surface area contributed by atoms with E-state index in [1.54, 1.807) is 10.9 Å². The minimum absolute atomic E-state index is 0.490. The third-order valence-corrected chi connectivity index (χ3v) is 4.98. The molecule has 0 atom stereocenters. The quantitative estimate of drug-likeness (QED) is 0.442. The Bertz CT molecular complexity index is 900. The van der Waals surface area contributed by atoms with Crippen molar-refractivity contribution in [2.24, 2.45) is 0 Å². The topological polar surface area (TPSA) is 59.7 Å². The summed E-state index contributed by atoms with van der Waals surface area (Å²) in [6, 6.07) is 9.30. The van der Waals surface area contributed by atoms with Crippen LogP contribution in [0, 0.1) is 6.92 Å². The average Bonchev–Trinajstić information content (AvgIpc) is 3.24. The van der Waals surface area contributed by atoms with Gasteiger partial charge in [0.15, 0.2) is 10.9 Å². The van der Waals surface area contributed by atoms with Gasteiger partial charge in [-0.05, 0) is 43.8 Å². The van der Waals surface area contributed by atoms with Crippen LogP contribution in [0.5, 0.6) is 0 Å². The Morgan fingerprint density at radius 3 is 2.67 bits per heavy atom. The molecule has 0 aliphatic rings. The van der Waals surface area contributed by atoms with Crippen molar-refractivity contribution in [3.63, 3.8) is 0 Å². The first-order valence-electron chi connectivity index (χ1n) is 8.52. The van der Waals surface area contributed by atoms with Crippen LogP contribution in [0.4, 0.5) is 5.82 Å². The van der Waals surface area contributed by atoms with E-state index in [-0.39, 0.29) is 0 Å². The highest BCUT2D eigenvalue weighted by Gasteiger charge is 2.08. The minimum atomic E-state index is 0.490. The maximum Gasteiger partial charge on any atom is 0.171 e. The number of nitrogens with zero attached hydrogens (tertiary/aromatic N) is 4. The van der Waals surface area contributed by atoms with Crippen LogP contribution in [-0.2, 0) is 13.1 Å². The molecule has 0 aliphatic heterocycles. The molecular weight excluding hydrogens is 403 g/mol. The molecule has 6 nitrogen and oxygen atoms in total. The van der Waals surface area contributed by atoms with Gasteiger partial charge in [0, 0.05) is 52.9 Å². The van der Waals surface area contributed by atoms with Gasteiger partial charge in [0.05, 0.1) is 6.54 Å². The lowest BCUT2D eigenvalue weighted by atomic mass is 10.2. The zero-order valence-electron chi connectivity index (χ0n) is 14.8. The molecule has 1 aromatic carbocycles. The Morgan fingerprint density at radius 1 is 1.19 bits per heavy atom. The molecule has 2 heterocycles. The van der Waals surface area contributed by atoms with Crippen LogP contribution in [0.15, 0.2) is 42.7 Å². The van der Waals surface area contributed by atoms with E-state index in [2.05, 4.69) is 20.8 Å². The highest BCUT2D eigenvalue weighted by molar-refractivity contribution is 7.80. The number of aromatic nitrogens is 4. The highest BCUT2D eigenvalue weighted by Crippen LogP contribution is 2.25. The fraction of sp³-hybridized carbons (Fsp3) is 0.278. The number of rotatable bonds is 7. The molecule has 27 heavy (non-hydrogen) atoms. The van der Waals surface area contributed by atoms with Gasteiger partial charge < -0.3 is 10.6 Å². The summed E-state index contributed by atoms with van der Waals surface area (Å²) in [6.45, 7) is 4.13. The molecule has 3 rings (SSSR count). The van der Waals surface area contributed by atoms with Crippen LogP contribution in [-0.4, -0.2) is 31.2 Å². The molecule has 0 spiro atoms. The van der Waals surface area contributed by atoms with Crippen molar-refractivity contribution in [1.29, 1.82) is 0 Å². The van der Waals surface area contributed by atoms with Gasteiger partial charge in [0.1, 0.15) is 0 Å². The number of anilines is 1. The van der Waals surface area contributed by atoms with Crippen LogP contribution in [0.1, 0.15) is 17.7 Å². The average molecular weight is 423 g/mol. The molecular formula is C18H20Cl2N6S. The molecule has 3 aromatic rings. The highest BCUT2D eigenvalue weighted by atomic mass is 35.5. The summed E-state index contributed by atoms with van der Waals surface area (Å²) in [5.74, 6) is 0.665. The van der Waals surface area contributed by atoms with Gasteiger partial charge >= 0.3 is 0 Å². The maximum atomic E-state index is 6.21. The maximum absolute atomic E-state index is 6.21. The Morgan fingerprint density at radius 2 is 1.96 bits per heavy atom. The number of hydrogen-bond donors (Lipinski definition) is 2. The van der Waals surface area contributed by atoms with Crippen molar-refractivity contribution < 1.29 is 0 Å². The van der Waals surface area contributed by atoms with Gasteiger partial charge in [-0.15, -0.1) is 0 Å². The predicted molar refractivity (Wildman–Crippen MR) is 114 cm³/mol. The summed E-state index contributed by atoms with van der Waals surface area (Å²) in [5, 5.41) is 16.8. The molecule has 0 unspecified atom stereocenters. The number of aryl methyl sites for hydroxylation is 2. The zero-order valence-corrected chi connectivity index (χ0v) is 17.2. The lowest BCUT2D eigenvalue weighted by Gasteiger charge is -2.09. The van der Waals surface area contributed by atoms with Crippen molar-refractivity contribution in [3.8, 4) is 0 Å². The molecule has 0 aliphatic carbocycles. The van der Waals surface area contributed by atoms with E-state index in [0.29, 0.717) is 27.5 Å². The first-order valence-corrected chi connectivity index (χ1v) is 9.69. The lowest BCUT2D eigenvalue weighted by Crippen LogP contribution is -2.30. The number of thiocarbonyl (C=S) groups is 1. The lowest BCUT2D eigenvalue weighted by molar-refractivity contribution is 0.561. The Kier molecular flexibility index (Phi) is 6.71. The Hall–Kier alpha value is -2.09. The Labute approximate surface area is 173 Å². The Balaban J connectivity index is 1.46. The third kappa shape index (κ3) is 5.45. The van der Waals surface area contributed by atoms with Gasteiger partial charge in [-0.25, -0.2) is 0 Å². The number of nitrogens with one attached hydrogen (secondary N) is 2. The molecule has 0 radical (unpaired) electrons. The summed E-state index contributed by atoms with van der Waals surface area (Å²) in [6.07, 6.45) is 4.58. The van der Waals surface area contributed by atoms with E-state index in [9.17, 15) is 0 Å². The van der Waals surface area contributed by atoms with Crippen molar-refractivity contribution in [2.75, 3.05) is 11.9 Å². The standard InChI is InChI=1S/C18H20Cl2N6S/c1-13-6-9-22-26(13)10-3-8-21-18(27)23-17-7-11-25(24-17)12-14-15(19)4-2-5-16(14)20/h2,4-7,9,11H,3,8,10,12H2,1H3,(H2,21,23,24,27). The second-order valence-electron chi connectivity index (χ2n) is 6.03. The largest absolute Gasteiger partial charge is 0.362 e. The third-order valence-electron chi connectivity index (χ3n) is 4.03. The molecule has 2 aromatic heterocycles. The summed E-state index contributed by atoms with van der Waals surface area (Å²) in [5.41, 5.74) is 1.99. The number of halogens is 2. The first-order chi connectivity index (χ1) is 13.0. The summed E-state index contributed by atoms with van der Waals surface area (Å²) in [7, 11) is 0. The van der Waals surface area contributed by atoms with Crippen molar-refractivity contribution in [3.05, 3.63) is 64.0 Å². The summed E-state index contributed by atoms with van der Waals surface area (Å²) >= 11 is 17.7. The van der Waals surface area contributed by atoms with Gasteiger partial charge in [0.2, 0.25) is 0 Å². The van der Waals surface area contributed by atoms with Gasteiger partial charge in [0.25, 0.3) is 0 Å². The van der Waals surface area contributed by atoms with Crippen molar-refractivity contribution in [1.82, 2.24) is 24.9 Å². The summed E-state index contributed by atoms with van der Waals surface area (Å²) < 4.78 is 3.73. The van der Waals surface area contributed by atoms with Gasteiger partial charge in [-0.1, -0.05) is 29.3 Å². The van der Waals surface area contributed by atoms with Crippen LogP contribution >= 0.6 is 35.4 Å². The van der Waals surface area contributed by atoms with Crippen LogP contribution in [0.25, 0.3) is 0 Å². The van der Waals surface area contributed by atoms with Crippen LogP contribution < -0.4 is 10.6 Å². The molecule has 0 saturated carbocycles. The van der Waals surface area contributed by atoms with E-state index in [1.807, 2.05) is 48.1 Å². The molecule has 142 valence electrons. The van der Waals surface area contributed by atoms with Gasteiger partial charge in [-0.2, -0.15) is 10.2 Å². The molecule has 0 saturated heterocycles. The van der Waals surface area contributed by atoms with E-state index in [4.69, 9.17) is 35.4 Å². The molecule has 0 amide bonds. The fourth-order valence-electron chi connectivity index (χ4n) is 2.59. The fourth-order valence-corrected chi connectivity index (χ4v) is 3.31. The minimum Gasteiger partial charge on any atom is -0.362 e. The SMILES string of the molecule is Cc1ccnn1CCCNC(=S)Nc1ccn(Cc2c(Cl)cccc2Cl)n1. The molecule has 0 fully saturated rings. The molecule has 9 heteroatoms. The van der Waals surface area contributed by atoms with Crippen LogP contribution in [0.3, 0.4) is 0 Å². The van der Waals surface area contributed by atoms with Crippen LogP contribution in [0.2, 0.25) is 10.0 Å². The monoisotopic (exact) mass is 422 g/mol. The van der Waals surface area contributed by atoms with Gasteiger partial charge in [-0.3, -0.25) is 9.36 Å². The zero-order chi connectivity index (χ0) is 19.2. The van der Waals surface area contributed by atoms with E-state index in [0.717, 1.165) is 30.8 Å². The van der Waals surface area contributed by atoms with Crippen molar-refractivity contribution in [2.45, 2.75) is 26.4 Å². The predicted octanol–water partition coefficient (Wildman–Crippen LogP) is 4.12. The molecule has 2 N–H and O–H groups in total. The summed E-state index contributed by atoms with van der Waals surface area (Å²) in [4.78, 5) is 0. The number of benzene rings is 1. The van der Waals surface area contributed by atoms with Crippen molar-refractivity contribution >= 4 is 46.4 Å². The second-order valence-corrected chi connectivity index (χ2v) is 7.25. The molecule has 0 bridgehead atoms. The van der Waals surface area contributed by atoms with E-state index >= 15 is 0 Å². The second kappa shape index (κ2) is 9.21. The normalized spacial score (nSPS) is 10.8. The smallest absolute Gasteiger partial charge is 0.171 e.